The highest BCUT2D eigenvalue weighted by Gasteiger charge is 2.14. The second-order valence-corrected chi connectivity index (χ2v) is 5.49. The fourth-order valence-corrected chi connectivity index (χ4v) is 2.16. The normalized spacial score (nSPS) is 11.8. The van der Waals surface area contributed by atoms with Crippen LogP contribution in [-0.4, -0.2) is 12.0 Å². The van der Waals surface area contributed by atoms with Crippen LogP contribution in [0.5, 0.6) is 5.75 Å². The zero-order chi connectivity index (χ0) is 14.5. The third-order valence-corrected chi connectivity index (χ3v) is 3.26. The summed E-state index contributed by atoms with van der Waals surface area (Å²) < 4.78 is 6.55. The molecule has 1 atom stereocenters. The third-order valence-electron chi connectivity index (χ3n) is 2.76. The van der Waals surface area contributed by atoms with Gasteiger partial charge in [-0.1, -0.05) is 34.1 Å². The second kappa shape index (κ2) is 6.57. The van der Waals surface area contributed by atoms with Crippen molar-refractivity contribution < 1.29 is 9.53 Å². The van der Waals surface area contributed by atoms with E-state index in [1.807, 2.05) is 55.5 Å². The van der Waals surface area contributed by atoms with Crippen LogP contribution in [0.1, 0.15) is 12.5 Å². The Morgan fingerprint density at radius 1 is 1.20 bits per heavy atom. The van der Waals surface area contributed by atoms with Crippen LogP contribution in [0.15, 0.2) is 53.0 Å². The van der Waals surface area contributed by atoms with Crippen LogP contribution in [0.3, 0.4) is 0 Å². The number of amides is 1. The first-order valence-corrected chi connectivity index (χ1v) is 7.13. The number of rotatable bonds is 4. The molecule has 0 saturated heterocycles. The maximum absolute atomic E-state index is 12.1. The zero-order valence-corrected chi connectivity index (χ0v) is 13.0. The molecule has 1 amide bonds. The molecule has 0 fully saturated rings. The molecule has 0 aliphatic rings. The van der Waals surface area contributed by atoms with Gasteiger partial charge in [-0.05, 0) is 49.7 Å². The molecule has 2 aromatic carbocycles. The zero-order valence-electron chi connectivity index (χ0n) is 11.4. The fraction of sp³-hybridized carbons (Fsp3) is 0.188. The standard InChI is InChI=1S/C16H16BrNO2/c1-11-5-3-8-15(9-11)20-12(2)16(19)18-14-7-4-6-13(17)10-14/h3-10,12H,1-2H3,(H,18,19)/t12-/m1/s1. The quantitative estimate of drug-likeness (QED) is 0.912. The van der Waals surface area contributed by atoms with E-state index in [0.29, 0.717) is 5.75 Å². The maximum atomic E-state index is 12.1. The highest BCUT2D eigenvalue weighted by Crippen LogP contribution is 2.17. The van der Waals surface area contributed by atoms with Crippen LogP contribution in [0, 0.1) is 6.92 Å². The number of nitrogens with one attached hydrogen (secondary N) is 1. The molecule has 104 valence electrons. The van der Waals surface area contributed by atoms with E-state index in [1.54, 1.807) is 6.92 Å². The highest BCUT2D eigenvalue weighted by atomic mass is 79.9. The number of anilines is 1. The topological polar surface area (TPSA) is 38.3 Å². The predicted molar refractivity (Wildman–Crippen MR) is 84.0 cm³/mol. The van der Waals surface area contributed by atoms with Crippen molar-refractivity contribution in [1.29, 1.82) is 0 Å². The SMILES string of the molecule is Cc1cccc(O[C@H](C)C(=O)Nc2cccc(Br)c2)c1. The van der Waals surface area contributed by atoms with Gasteiger partial charge in [0, 0.05) is 10.2 Å². The van der Waals surface area contributed by atoms with Gasteiger partial charge in [0.2, 0.25) is 0 Å². The molecule has 0 unspecified atom stereocenters. The van der Waals surface area contributed by atoms with Gasteiger partial charge in [0.15, 0.2) is 6.10 Å². The second-order valence-electron chi connectivity index (χ2n) is 4.58. The van der Waals surface area contributed by atoms with Crippen LogP contribution in [0.4, 0.5) is 5.69 Å². The van der Waals surface area contributed by atoms with Crippen LogP contribution in [0.25, 0.3) is 0 Å². The Hall–Kier alpha value is -1.81. The molecule has 1 N–H and O–H groups in total. The van der Waals surface area contributed by atoms with Gasteiger partial charge in [-0.15, -0.1) is 0 Å². The largest absolute Gasteiger partial charge is 0.481 e. The van der Waals surface area contributed by atoms with Crippen LogP contribution in [0.2, 0.25) is 0 Å². The lowest BCUT2D eigenvalue weighted by Crippen LogP contribution is -2.30. The van der Waals surface area contributed by atoms with Crippen molar-refractivity contribution >= 4 is 27.5 Å². The van der Waals surface area contributed by atoms with E-state index >= 15 is 0 Å². The lowest BCUT2D eigenvalue weighted by atomic mass is 10.2. The van der Waals surface area contributed by atoms with Crippen molar-refractivity contribution in [2.75, 3.05) is 5.32 Å². The van der Waals surface area contributed by atoms with Crippen molar-refractivity contribution in [3.8, 4) is 5.75 Å². The van der Waals surface area contributed by atoms with Gasteiger partial charge in [0.05, 0.1) is 0 Å². The maximum Gasteiger partial charge on any atom is 0.265 e. The lowest BCUT2D eigenvalue weighted by Gasteiger charge is -2.15. The Balaban J connectivity index is 1.98. The summed E-state index contributed by atoms with van der Waals surface area (Å²) >= 11 is 3.37. The smallest absolute Gasteiger partial charge is 0.265 e. The van der Waals surface area contributed by atoms with E-state index in [4.69, 9.17) is 4.74 Å². The van der Waals surface area contributed by atoms with Crippen LogP contribution in [-0.2, 0) is 4.79 Å². The summed E-state index contributed by atoms with van der Waals surface area (Å²) in [5.41, 5.74) is 1.84. The number of halogens is 1. The number of benzene rings is 2. The monoisotopic (exact) mass is 333 g/mol. The van der Waals surface area contributed by atoms with Gasteiger partial charge in [-0.3, -0.25) is 4.79 Å². The van der Waals surface area contributed by atoms with Gasteiger partial charge < -0.3 is 10.1 Å². The van der Waals surface area contributed by atoms with Gasteiger partial charge >= 0.3 is 0 Å². The Bertz CT molecular complexity index is 613. The van der Waals surface area contributed by atoms with E-state index in [9.17, 15) is 4.79 Å². The summed E-state index contributed by atoms with van der Waals surface area (Å²) in [4.78, 5) is 12.1. The summed E-state index contributed by atoms with van der Waals surface area (Å²) in [5.74, 6) is 0.520. The molecule has 0 spiro atoms. The first-order valence-electron chi connectivity index (χ1n) is 6.34. The van der Waals surface area contributed by atoms with E-state index in [1.165, 1.54) is 0 Å². The van der Waals surface area contributed by atoms with Crippen LogP contribution < -0.4 is 10.1 Å². The number of hydrogen-bond acceptors (Lipinski definition) is 2. The molecular formula is C16H16BrNO2. The number of aryl methyl sites for hydroxylation is 1. The highest BCUT2D eigenvalue weighted by molar-refractivity contribution is 9.10. The molecule has 0 aliphatic carbocycles. The number of hydrogen-bond donors (Lipinski definition) is 1. The van der Waals surface area contributed by atoms with E-state index in [2.05, 4.69) is 21.2 Å². The molecule has 0 bridgehead atoms. The number of carbonyl (C=O) groups excluding carboxylic acids is 1. The summed E-state index contributed by atoms with van der Waals surface area (Å²) in [6.07, 6.45) is -0.559. The predicted octanol–water partition coefficient (Wildman–Crippen LogP) is 4.16. The molecule has 4 heteroatoms. The minimum atomic E-state index is -0.559. The average Bonchev–Trinajstić information content (AvgIpc) is 2.38. The van der Waals surface area contributed by atoms with Crippen LogP contribution >= 0.6 is 15.9 Å². The van der Waals surface area contributed by atoms with Gasteiger partial charge in [0.25, 0.3) is 5.91 Å². The third kappa shape index (κ3) is 4.10. The number of ether oxygens (including phenoxy) is 1. The van der Waals surface area contributed by atoms with Crippen molar-refractivity contribution in [2.45, 2.75) is 20.0 Å². The molecule has 0 heterocycles. The van der Waals surface area contributed by atoms with Gasteiger partial charge in [0.1, 0.15) is 5.75 Å². The van der Waals surface area contributed by atoms with Gasteiger partial charge in [-0.2, -0.15) is 0 Å². The van der Waals surface area contributed by atoms with Crippen molar-refractivity contribution in [2.24, 2.45) is 0 Å². The summed E-state index contributed by atoms with van der Waals surface area (Å²) in [6.45, 7) is 3.72. The van der Waals surface area contributed by atoms with E-state index < -0.39 is 6.10 Å². The van der Waals surface area contributed by atoms with Crippen molar-refractivity contribution in [3.05, 3.63) is 58.6 Å². The Labute approximate surface area is 127 Å². The minimum Gasteiger partial charge on any atom is -0.481 e. The Morgan fingerprint density at radius 2 is 1.95 bits per heavy atom. The molecular weight excluding hydrogens is 318 g/mol. The first-order chi connectivity index (χ1) is 9.54. The van der Waals surface area contributed by atoms with Crippen molar-refractivity contribution in [3.63, 3.8) is 0 Å². The summed E-state index contributed by atoms with van der Waals surface area (Å²) in [7, 11) is 0. The summed E-state index contributed by atoms with van der Waals surface area (Å²) in [6, 6.07) is 15.1. The average molecular weight is 334 g/mol. The molecule has 0 aliphatic heterocycles. The molecule has 2 aromatic rings. The first kappa shape index (κ1) is 14.6. The molecule has 20 heavy (non-hydrogen) atoms. The van der Waals surface area contributed by atoms with Crippen molar-refractivity contribution in [1.82, 2.24) is 0 Å². The molecule has 3 nitrogen and oxygen atoms in total. The lowest BCUT2D eigenvalue weighted by molar-refractivity contribution is -0.122. The van der Waals surface area contributed by atoms with E-state index in [0.717, 1.165) is 15.7 Å². The number of carbonyl (C=O) groups is 1. The Kier molecular flexibility index (Phi) is 4.79. The minimum absolute atomic E-state index is 0.176. The van der Waals surface area contributed by atoms with E-state index in [-0.39, 0.29) is 5.91 Å². The molecule has 2 rings (SSSR count). The van der Waals surface area contributed by atoms with Gasteiger partial charge in [-0.25, -0.2) is 0 Å². The molecule has 0 saturated carbocycles. The molecule has 0 radical (unpaired) electrons. The fourth-order valence-electron chi connectivity index (χ4n) is 1.76. The Morgan fingerprint density at radius 3 is 2.65 bits per heavy atom. The molecule has 0 aromatic heterocycles. The summed E-state index contributed by atoms with van der Waals surface area (Å²) in [5, 5.41) is 2.82.